The van der Waals surface area contributed by atoms with Crippen LogP contribution in [0.15, 0.2) is 30.3 Å². The normalized spacial score (nSPS) is 16.3. The predicted molar refractivity (Wildman–Crippen MR) is 92.1 cm³/mol. The molecule has 1 N–H and O–H groups in total. The highest BCUT2D eigenvalue weighted by Crippen LogP contribution is 2.15. The molecule has 3 heteroatoms. The van der Waals surface area contributed by atoms with Crippen molar-refractivity contribution in [2.24, 2.45) is 0 Å². The predicted octanol–water partition coefficient (Wildman–Crippen LogP) is 2.98. The Labute approximate surface area is 130 Å². The molecule has 1 aromatic rings. The lowest BCUT2D eigenvalue weighted by molar-refractivity contribution is 0.257. The van der Waals surface area contributed by atoms with Gasteiger partial charge in [-0.05, 0) is 25.1 Å². The molecule has 0 atom stereocenters. The lowest BCUT2D eigenvalue weighted by Gasteiger charge is -2.36. The van der Waals surface area contributed by atoms with E-state index in [0.29, 0.717) is 0 Å². The second kappa shape index (κ2) is 9.80. The molecule has 3 nitrogen and oxygen atoms in total. The third kappa shape index (κ3) is 6.06. The van der Waals surface area contributed by atoms with E-state index in [-0.39, 0.29) is 0 Å². The molecule has 1 heterocycles. The molecule has 0 radical (unpaired) electrons. The van der Waals surface area contributed by atoms with Crippen LogP contribution in [0.25, 0.3) is 0 Å². The van der Waals surface area contributed by atoms with E-state index in [4.69, 9.17) is 0 Å². The molecule has 1 aliphatic heterocycles. The van der Waals surface area contributed by atoms with Gasteiger partial charge in [0.1, 0.15) is 0 Å². The molecule has 0 aromatic heterocycles. The van der Waals surface area contributed by atoms with Crippen molar-refractivity contribution in [3.63, 3.8) is 0 Å². The summed E-state index contributed by atoms with van der Waals surface area (Å²) in [5.41, 5.74) is 1.37. The van der Waals surface area contributed by atoms with Crippen molar-refractivity contribution in [2.75, 3.05) is 50.7 Å². The van der Waals surface area contributed by atoms with Crippen molar-refractivity contribution >= 4 is 5.69 Å². The summed E-state index contributed by atoms with van der Waals surface area (Å²) >= 11 is 0. The average molecular weight is 289 g/mol. The Hall–Kier alpha value is -1.06. The molecule has 21 heavy (non-hydrogen) atoms. The van der Waals surface area contributed by atoms with Crippen LogP contribution in [0.5, 0.6) is 0 Å². The fraction of sp³-hybridized carbons (Fsp3) is 0.667. The monoisotopic (exact) mass is 289 g/mol. The fourth-order valence-electron chi connectivity index (χ4n) is 2.91. The number of nitrogens with one attached hydrogen (secondary N) is 1. The van der Waals surface area contributed by atoms with Gasteiger partial charge in [0.2, 0.25) is 0 Å². The maximum Gasteiger partial charge on any atom is 0.0367 e. The summed E-state index contributed by atoms with van der Waals surface area (Å²) < 4.78 is 0. The summed E-state index contributed by atoms with van der Waals surface area (Å²) in [4.78, 5) is 5.08. The molecule has 0 unspecified atom stereocenters. The first-order valence-electron chi connectivity index (χ1n) is 8.63. The molecule has 0 saturated carbocycles. The summed E-state index contributed by atoms with van der Waals surface area (Å²) in [5, 5.41) is 3.58. The topological polar surface area (TPSA) is 18.5 Å². The van der Waals surface area contributed by atoms with Crippen LogP contribution in [-0.2, 0) is 0 Å². The van der Waals surface area contributed by atoms with Gasteiger partial charge in [0.25, 0.3) is 0 Å². The maximum absolute atomic E-state index is 3.58. The van der Waals surface area contributed by atoms with Crippen molar-refractivity contribution in [3.05, 3.63) is 30.3 Å². The smallest absolute Gasteiger partial charge is 0.0367 e. The zero-order valence-electron chi connectivity index (χ0n) is 13.6. The van der Waals surface area contributed by atoms with Crippen LogP contribution in [0.1, 0.15) is 32.6 Å². The Kier molecular flexibility index (Phi) is 7.61. The van der Waals surface area contributed by atoms with Crippen LogP contribution in [-0.4, -0.2) is 50.7 Å². The average Bonchev–Trinajstić information content (AvgIpc) is 2.55. The third-order valence-electron chi connectivity index (χ3n) is 4.31. The molecule has 1 aliphatic rings. The summed E-state index contributed by atoms with van der Waals surface area (Å²) in [7, 11) is 0. The van der Waals surface area contributed by atoms with Crippen molar-refractivity contribution in [1.82, 2.24) is 10.2 Å². The highest BCUT2D eigenvalue weighted by molar-refractivity contribution is 5.46. The molecule has 118 valence electrons. The fourth-order valence-corrected chi connectivity index (χ4v) is 2.91. The zero-order valence-corrected chi connectivity index (χ0v) is 13.6. The standard InChI is InChI=1S/C18H31N3/c1-2-3-4-8-11-19-12-13-20-14-16-21(17-15-20)18-9-6-5-7-10-18/h5-7,9-10,19H,2-4,8,11-17H2,1H3. The number of piperazine rings is 1. The quantitative estimate of drug-likeness (QED) is 0.705. The van der Waals surface area contributed by atoms with Crippen LogP contribution in [0.2, 0.25) is 0 Å². The molecular weight excluding hydrogens is 258 g/mol. The number of nitrogens with zero attached hydrogens (tertiary/aromatic N) is 2. The van der Waals surface area contributed by atoms with E-state index in [2.05, 4.69) is 52.4 Å². The van der Waals surface area contributed by atoms with Crippen molar-refractivity contribution < 1.29 is 0 Å². The molecule has 0 spiro atoms. The molecule has 1 saturated heterocycles. The highest BCUT2D eigenvalue weighted by atomic mass is 15.3. The van der Waals surface area contributed by atoms with E-state index in [9.17, 15) is 0 Å². The van der Waals surface area contributed by atoms with Gasteiger partial charge in [-0.2, -0.15) is 0 Å². The van der Waals surface area contributed by atoms with E-state index >= 15 is 0 Å². The van der Waals surface area contributed by atoms with Crippen LogP contribution in [0, 0.1) is 0 Å². The third-order valence-corrected chi connectivity index (χ3v) is 4.31. The molecule has 1 fully saturated rings. The first kappa shape index (κ1) is 16.3. The molecule has 0 aliphatic carbocycles. The van der Waals surface area contributed by atoms with E-state index in [1.807, 2.05) is 0 Å². The largest absolute Gasteiger partial charge is 0.369 e. The Morgan fingerprint density at radius 3 is 2.38 bits per heavy atom. The zero-order chi connectivity index (χ0) is 14.8. The van der Waals surface area contributed by atoms with Gasteiger partial charge >= 0.3 is 0 Å². The Bertz CT molecular complexity index is 358. The van der Waals surface area contributed by atoms with Gasteiger partial charge in [-0.3, -0.25) is 4.90 Å². The Balaban J connectivity index is 1.53. The SMILES string of the molecule is CCCCCCNCCN1CCN(c2ccccc2)CC1. The summed E-state index contributed by atoms with van der Waals surface area (Å²) in [5.74, 6) is 0. The number of para-hydroxylation sites is 1. The molecule has 0 bridgehead atoms. The summed E-state index contributed by atoms with van der Waals surface area (Å²) in [6, 6.07) is 10.8. The van der Waals surface area contributed by atoms with Gasteiger partial charge in [0, 0.05) is 45.0 Å². The van der Waals surface area contributed by atoms with E-state index < -0.39 is 0 Å². The summed E-state index contributed by atoms with van der Waals surface area (Å²) in [6.45, 7) is 10.5. The van der Waals surface area contributed by atoms with Gasteiger partial charge in [-0.25, -0.2) is 0 Å². The molecular formula is C18H31N3. The number of anilines is 1. The first-order valence-corrected chi connectivity index (χ1v) is 8.63. The van der Waals surface area contributed by atoms with Crippen LogP contribution in [0.4, 0.5) is 5.69 Å². The summed E-state index contributed by atoms with van der Waals surface area (Å²) in [6.07, 6.45) is 5.41. The van der Waals surface area contributed by atoms with Gasteiger partial charge in [0.05, 0.1) is 0 Å². The number of rotatable bonds is 9. The van der Waals surface area contributed by atoms with E-state index in [1.54, 1.807) is 0 Å². The number of benzene rings is 1. The van der Waals surface area contributed by atoms with Crippen molar-refractivity contribution in [3.8, 4) is 0 Å². The van der Waals surface area contributed by atoms with Crippen molar-refractivity contribution in [2.45, 2.75) is 32.6 Å². The van der Waals surface area contributed by atoms with Gasteiger partial charge in [-0.15, -0.1) is 0 Å². The van der Waals surface area contributed by atoms with Crippen LogP contribution < -0.4 is 10.2 Å². The number of hydrogen-bond acceptors (Lipinski definition) is 3. The minimum absolute atomic E-state index is 1.14. The van der Waals surface area contributed by atoms with Gasteiger partial charge in [0.15, 0.2) is 0 Å². The first-order chi connectivity index (χ1) is 10.4. The lowest BCUT2D eigenvalue weighted by Crippen LogP contribution is -2.48. The molecule has 2 rings (SSSR count). The van der Waals surface area contributed by atoms with Crippen LogP contribution >= 0.6 is 0 Å². The number of unbranched alkanes of at least 4 members (excludes halogenated alkanes) is 3. The Morgan fingerprint density at radius 1 is 0.905 bits per heavy atom. The Morgan fingerprint density at radius 2 is 1.67 bits per heavy atom. The van der Waals surface area contributed by atoms with E-state index in [1.165, 1.54) is 57.5 Å². The minimum atomic E-state index is 1.14. The maximum atomic E-state index is 3.58. The number of hydrogen-bond donors (Lipinski definition) is 1. The van der Waals surface area contributed by atoms with Gasteiger partial charge in [-0.1, -0.05) is 44.4 Å². The van der Waals surface area contributed by atoms with Crippen LogP contribution in [0.3, 0.4) is 0 Å². The van der Waals surface area contributed by atoms with E-state index in [0.717, 1.165) is 19.6 Å². The highest BCUT2D eigenvalue weighted by Gasteiger charge is 2.16. The molecule has 0 amide bonds. The second-order valence-corrected chi connectivity index (χ2v) is 5.97. The second-order valence-electron chi connectivity index (χ2n) is 5.97. The van der Waals surface area contributed by atoms with Gasteiger partial charge < -0.3 is 10.2 Å². The van der Waals surface area contributed by atoms with Crippen molar-refractivity contribution in [1.29, 1.82) is 0 Å². The molecule has 1 aromatic carbocycles. The minimum Gasteiger partial charge on any atom is -0.369 e. The lowest BCUT2D eigenvalue weighted by atomic mass is 10.2.